The number of aryl methyl sites for hydroxylation is 1. The molecule has 1 aromatic heterocycles. The number of nitro groups is 1. The third-order valence-electron chi connectivity index (χ3n) is 9.67. The maximum Gasteiger partial charge on any atom is 0.274 e. The number of nitro benzene ring substituents is 1. The molecule has 0 saturated carbocycles. The van der Waals surface area contributed by atoms with Crippen LogP contribution in [0.15, 0.2) is 48.5 Å². The van der Waals surface area contributed by atoms with Crippen LogP contribution in [-0.2, 0) is 17.4 Å². The molecule has 2 heterocycles. The van der Waals surface area contributed by atoms with Gasteiger partial charge in [0.1, 0.15) is 0 Å². The topological polar surface area (TPSA) is 111 Å². The van der Waals surface area contributed by atoms with Crippen LogP contribution in [0.1, 0.15) is 98.0 Å². The molecule has 254 valence electrons. The van der Waals surface area contributed by atoms with E-state index in [-0.39, 0.29) is 34.1 Å². The molecular formula is C36H51N5O5Si. The largest absolute Gasteiger partial charge is 0.415 e. The number of nitrogens with zero attached hydrogens (tertiary/aromatic N) is 5. The number of rotatable bonds is 13. The summed E-state index contributed by atoms with van der Waals surface area (Å²) in [5, 5.41) is 16.6. The van der Waals surface area contributed by atoms with Crippen molar-refractivity contribution >= 4 is 25.8 Å². The van der Waals surface area contributed by atoms with E-state index in [0.29, 0.717) is 49.7 Å². The Morgan fingerprint density at radius 1 is 1.04 bits per heavy atom. The molecule has 0 N–H and O–H groups in total. The first-order valence-corrected chi connectivity index (χ1v) is 19.8. The van der Waals surface area contributed by atoms with E-state index in [1.807, 2.05) is 30.0 Å². The molecule has 1 atom stereocenters. The molecule has 0 unspecified atom stereocenters. The highest BCUT2D eigenvalue weighted by Gasteiger charge is 2.40. The van der Waals surface area contributed by atoms with Crippen molar-refractivity contribution in [2.45, 2.75) is 104 Å². The van der Waals surface area contributed by atoms with Crippen LogP contribution in [0.2, 0.25) is 18.1 Å². The predicted octanol–water partition coefficient (Wildman–Crippen LogP) is 7.72. The standard InChI is InChI=1S/C36H51N5O5Si/c1-9-11-19-38(20-12-10-2)35(43)32-21-26(3)40(37-32)33-18-17-29(41(44)45)23-31(33)34(42)39-24-28-16-14-13-15-27(28)22-30(39)25-46-47(7,8)36(4,5)6/h13-18,21,23,30H,9-12,19-20,22,24-25H2,1-8H3/t30-/m0/s1. The minimum absolute atomic E-state index is 0.00293. The van der Waals surface area contributed by atoms with Gasteiger partial charge < -0.3 is 14.2 Å². The van der Waals surface area contributed by atoms with Gasteiger partial charge in [0.2, 0.25) is 0 Å². The van der Waals surface area contributed by atoms with Crippen molar-refractivity contribution < 1.29 is 18.9 Å². The van der Waals surface area contributed by atoms with Crippen molar-refractivity contribution in [3.05, 3.63) is 86.7 Å². The van der Waals surface area contributed by atoms with Crippen LogP contribution < -0.4 is 0 Å². The molecule has 3 aromatic rings. The Labute approximate surface area is 280 Å². The molecule has 2 aromatic carbocycles. The fourth-order valence-corrected chi connectivity index (χ4v) is 6.68. The average Bonchev–Trinajstić information content (AvgIpc) is 3.43. The molecule has 0 aliphatic carbocycles. The summed E-state index contributed by atoms with van der Waals surface area (Å²) in [6.07, 6.45) is 4.36. The van der Waals surface area contributed by atoms with Gasteiger partial charge in [-0.05, 0) is 67.6 Å². The van der Waals surface area contributed by atoms with E-state index >= 15 is 0 Å². The molecule has 1 aliphatic heterocycles. The molecule has 11 heteroatoms. The molecule has 0 saturated heterocycles. The number of carbonyl (C=O) groups excluding carboxylic acids is 2. The summed E-state index contributed by atoms with van der Waals surface area (Å²) in [7, 11) is -2.13. The number of benzene rings is 2. The Morgan fingerprint density at radius 2 is 1.68 bits per heavy atom. The second-order valence-electron chi connectivity index (χ2n) is 14.2. The zero-order valence-corrected chi connectivity index (χ0v) is 30.3. The van der Waals surface area contributed by atoms with E-state index in [2.05, 4.69) is 53.8 Å². The maximum atomic E-state index is 14.6. The highest BCUT2D eigenvalue weighted by atomic mass is 28.4. The van der Waals surface area contributed by atoms with Gasteiger partial charge >= 0.3 is 0 Å². The minimum atomic E-state index is -2.13. The lowest BCUT2D eigenvalue weighted by Gasteiger charge is -2.41. The molecule has 10 nitrogen and oxygen atoms in total. The first kappa shape index (κ1) is 36.0. The van der Waals surface area contributed by atoms with Crippen LogP contribution >= 0.6 is 0 Å². The van der Waals surface area contributed by atoms with Crippen LogP contribution in [0.3, 0.4) is 0 Å². The molecule has 0 spiro atoms. The number of non-ortho nitro benzene ring substituents is 1. The highest BCUT2D eigenvalue weighted by molar-refractivity contribution is 6.74. The molecule has 0 radical (unpaired) electrons. The van der Waals surface area contributed by atoms with Crippen LogP contribution in [0.5, 0.6) is 0 Å². The Hall–Kier alpha value is -3.83. The van der Waals surface area contributed by atoms with Crippen LogP contribution in [-0.4, -0.2) is 70.4 Å². The van der Waals surface area contributed by atoms with Gasteiger partial charge in [0.25, 0.3) is 17.5 Å². The minimum Gasteiger partial charge on any atom is -0.415 e. The first-order valence-electron chi connectivity index (χ1n) is 16.8. The van der Waals surface area contributed by atoms with Crippen molar-refractivity contribution in [2.75, 3.05) is 19.7 Å². The summed E-state index contributed by atoms with van der Waals surface area (Å²) in [6, 6.07) is 13.8. The van der Waals surface area contributed by atoms with E-state index in [1.54, 1.807) is 21.7 Å². The Morgan fingerprint density at radius 3 is 2.28 bits per heavy atom. The van der Waals surface area contributed by atoms with Crippen molar-refractivity contribution in [1.29, 1.82) is 0 Å². The summed E-state index contributed by atoms with van der Waals surface area (Å²) in [4.78, 5) is 43.4. The predicted molar refractivity (Wildman–Crippen MR) is 188 cm³/mol. The van der Waals surface area contributed by atoms with E-state index in [0.717, 1.165) is 31.2 Å². The number of hydrogen-bond acceptors (Lipinski definition) is 6. The van der Waals surface area contributed by atoms with Crippen molar-refractivity contribution in [1.82, 2.24) is 19.6 Å². The quantitative estimate of drug-likeness (QED) is 0.105. The zero-order chi connectivity index (χ0) is 34.5. The third-order valence-corrected chi connectivity index (χ3v) is 14.2. The second kappa shape index (κ2) is 14.9. The number of fused-ring (bicyclic) bond motifs is 1. The lowest BCUT2D eigenvalue weighted by atomic mass is 9.93. The summed E-state index contributed by atoms with van der Waals surface area (Å²) >= 11 is 0. The van der Waals surface area contributed by atoms with Gasteiger partial charge in [-0.1, -0.05) is 71.7 Å². The smallest absolute Gasteiger partial charge is 0.274 e. The average molecular weight is 662 g/mol. The van der Waals surface area contributed by atoms with Gasteiger partial charge in [-0.2, -0.15) is 5.10 Å². The van der Waals surface area contributed by atoms with Gasteiger partial charge in [0, 0.05) is 37.5 Å². The Balaban J connectivity index is 1.75. The van der Waals surface area contributed by atoms with Gasteiger partial charge in [-0.3, -0.25) is 19.7 Å². The highest BCUT2D eigenvalue weighted by Crippen LogP contribution is 2.37. The number of hydrogen-bond donors (Lipinski definition) is 0. The summed E-state index contributed by atoms with van der Waals surface area (Å²) < 4.78 is 8.22. The molecular weight excluding hydrogens is 611 g/mol. The fraction of sp³-hybridized carbons (Fsp3) is 0.528. The normalized spacial score (nSPS) is 15.0. The van der Waals surface area contributed by atoms with Gasteiger partial charge in [0.05, 0.1) is 28.8 Å². The molecule has 2 amide bonds. The van der Waals surface area contributed by atoms with Crippen molar-refractivity contribution in [2.24, 2.45) is 0 Å². The van der Waals surface area contributed by atoms with Crippen LogP contribution in [0.4, 0.5) is 5.69 Å². The molecule has 4 rings (SSSR count). The number of aromatic nitrogens is 2. The van der Waals surface area contributed by atoms with Crippen molar-refractivity contribution in [3.8, 4) is 5.69 Å². The van der Waals surface area contributed by atoms with E-state index in [9.17, 15) is 19.7 Å². The van der Waals surface area contributed by atoms with E-state index in [4.69, 9.17) is 9.52 Å². The van der Waals surface area contributed by atoms with Gasteiger partial charge in [-0.25, -0.2) is 4.68 Å². The van der Waals surface area contributed by atoms with Crippen LogP contribution in [0.25, 0.3) is 5.69 Å². The first-order chi connectivity index (χ1) is 22.2. The maximum absolute atomic E-state index is 14.6. The van der Waals surface area contributed by atoms with Gasteiger partial charge in [-0.15, -0.1) is 0 Å². The molecule has 47 heavy (non-hydrogen) atoms. The van der Waals surface area contributed by atoms with Crippen LogP contribution in [0, 0.1) is 17.0 Å². The fourth-order valence-electron chi connectivity index (χ4n) is 5.64. The number of carbonyl (C=O) groups is 2. The summed E-state index contributed by atoms with van der Waals surface area (Å²) in [5.74, 6) is -0.489. The zero-order valence-electron chi connectivity index (χ0n) is 29.3. The number of amides is 2. The van der Waals surface area contributed by atoms with Gasteiger partial charge in [0.15, 0.2) is 14.0 Å². The summed E-state index contributed by atoms with van der Waals surface area (Å²) in [5.41, 5.74) is 3.53. The molecule has 1 aliphatic rings. The lowest BCUT2D eigenvalue weighted by molar-refractivity contribution is -0.384. The lowest BCUT2D eigenvalue weighted by Crippen LogP contribution is -2.50. The summed E-state index contributed by atoms with van der Waals surface area (Å²) in [6.45, 7) is 19.0. The van der Waals surface area contributed by atoms with E-state index in [1.165, 1.54) is 17.7 Å². The van der Waals surface area contributed by atoms with Crippen molar-refractivity contribution in [3.63, 3.8) is 0 Å². The number of unbranched alkanes of at least 4 members (excludes halogenated alkanes) is 2. The SMILES string of the molecule is CCCCN(CCCC)C(=O)c1cc(C)n(-c2ccc([N+](=O)[O-])cc2C(=O)N2Cc3ccccc3C[C@H]2CO[Si](C)(C)C(C)(C)C)n1. The van der Waals surface area contributed by atoms with E-state index < -0.39 is 13.2 Å². The third kappa shape index (κ3) is 8.19. The Bertz CT molecular complexity index is 1590. The monoisotopic (exact) mass is 661 g/mol. The second-order valence-corrected chi connectivity index (χ2v) is 19.0. The Kier molecular flexibility index (Phi) is 11.4. The molecule has 0 bridgehead atoms. The molecule has 0 fully saturated rings.